The number of rotatable bonds is 5. The monoisotopic (exact) mass is 275 g/mol. The first kappa shape index (κ1) is 14.3. The minimum Gasteiger partial charge on any atom is -0.508 e. The third kappa shape index (κ3) is 3.27. The highest BCUT2D eigenvalue weighted by atomic mass is 19.1. The summed E-state index contributed by atoms with van der Waals surface area (Å²) in [6.07, 6.45) is 0. The van der Waals surface area contributed by atoms with Gasteiger partial charge in [0, 0.05) is 29.8 Å². The minimum absolute atomic E-state index is 0.0370. The molecule has 1 atom stereocenters. The van der Waals surface area contributed by atoms with Crippen molar-refractivity contribution in [2.24, 2.45) is 0 Å². The maximum atomic E-state index is 13.0. The van der Waals surface area contributed by atoms with Crippen LogP contribution in [0, 0.1) is 5.82 Å². The Bertz CT molecular complexity index is 586. The second kappa shape index (κ2) is 6.39. The average Bonchev–Trinajstić information content (AvgIpc) is 2.45. The van der Waals surface area contributed by atoms with Crippen LogP contribution in [0.1, 0.15) is 24.1 Å². The van der Waals surface area contributed by atoms with Gasteiger partial charge in [0.1, 0.15) is 17.3 Å². The predicted octanol–water partition coefficient (Wildman–Crippen LogP) is 3.39. The first-order valence-corrected chi connectivity index (χ1v) is 6.45. The molecule has 2 N–H and O–H groups in total. The number of hydrogen-bond acceptors (Lipinski definition) is 3. The second-order valence-electron chi connectivity index (χ2n) is 4.62. The van der Waals surface area contributed by atoms with Gasteiger partial charge in [-0.2, -0.15) is 0 Å². The number of aromatic hydroxyl groups is 1. The molecule has 2 rings (SSSR count). The summed E-state index contributed by atoms with van der Waals surface area (Å²) in [4.78, 5) is 0. The Kier molecular flexibility index (Phi) is 4.58. The number of hydrogen-bond donors (Lipinski definition) is 2. The molecule has 4 heteroatoms. The van der Waals surface area contributed by atoms with E-state index in [1.54, 1.807) is 13.2 Å². The standard InChI is InChI=1S/C16H18FNO2/c1-11(14-8-7-13(17)9-15(14)19)18-10-12-5-3-4-6-16(12)20-2/h3-9,11,18-19H,10H2,1-2H3. The SMILES string of the molecule is COc1ccccc1CNC(C)c1ccc(F)cc1O. The van der Waals surface area contributed by atoms with Crippen LogP contribution in [-0.4, -0.2) is 12.2 Å². The van der Waals surface area contributed by atoms with Crippen molar-refractivity contribution in [2.45, 2.75) is 19.5 Å². The van der Waals surface area contributed by atoms with Crippen molar-refractivity contribution in [3.8, 4) is 11.5 Å². The van der Waals surface area contributed by atoms with E-state index in [1.807, 2.05) is 31.2 Å². The molecule has 0 aromatic heterocycles. The van der Waals surface area contributed by atoms with Gasteiger partial charge in [-0.3, -0.25) is 0 Å². The maximum absolute atomic E-state index is 13.0. The van der Waals surface area contributed by atoms with Gasteiger partial charge in [-0.1, -0.05) is 24.3 Å². The van der Waals surface area contributed by atoms with E-state index >= 15 is 0 Å². The molecule has 106 valence electrons. The Balaban J connectivity index is 2.06. The lowest BCUT2D eigenvalue weighted by atomic mass is 10.1. The van der Waals surface area contributed by atoms with Crippen LogP contribution in [0.25, 0.3) is 0 Å². The van der Waals surface area contributed by atoms with Crippen LogP contribution < -0.4 is 10.1 Å². The van der Waals surface area contributed by atoms with E-state index in [0.29, 0.717) is 12.1 Å². The average molecular weight is 275 g/mol. The molecule has 0 aliphatic carbocycles. The number of halogens is 1. The fraction of sp³-hybridized carbons (Fsp3) is 0.250. The third-order valence-corrected chi connectivity index (χ3v) is 3.25. The molecule has 2 aromatic carbocycles. The van der Waals surface area contributed by atoms with Crippen LogP contribution >= 0.6 is 0 Å². The number of phenolic OH excluding ortho intramolecular Hbond substituents is 1. The minimum atomic E-state index is -0.442. The van der Waals surface area contributed by atoms with Gasteiger partial charge < -0.3 is 15.2 Å². The van der Waals surface area contributed by atoms with Crippen LogP contribution in [0.15, 0.2) is 42.5 Å². The molecule has 2 aromatic rings. The first-order chi connectivity index (χ1) is 9.61. The number of benzene rings is 2. The van der Waals surface area contributed by atoms with Gasteiger partial charge in [-0.05, 0) is 19.1 Å². The number of methoxy groups -OCH3 is 1. The molecule has 3 nitrogen and oxygen atoms in total. The van der Waals surface area contributed by atoms with Crippen molar-refractivity contribution in [3.05, 3.63) is 59.4 Å². The Morgan fingerprint density at radius 3 is 2.70 bits per heavy atom. The van der Waals surface area contributed by atoms with Crippen molar-refractivity contribution in [1.29, 1.82) is 0 Å². The number of ether oxygens (including phenoxy) is 1. The van der Waals surface area contributed by atoms with Gasteiger partial charge in [0.15, 0.2) is 0 Å². The molecule has 20 heavy (non-hydrogen) atoms. The summed E-state index contributed by atoms with van der Waals surface area (Å²) in [7, 11) is 1.63. The molecule has 0 spiro atoms. The van der Waals surface area contributed by atoms with E-state index in [2.05, 4.69) is 5.32 Å². The fourth-order valence-electron chi connectivity index (χ4n) is 2.11. The Hall–Kier alpha value is -2.07. The highest BCUT2D eigenvalue weighted by Crippen LogP contribution is 2.25. The molecule has 0 heterocycles. The lowest BCUT2D eigenvalue weighted by Crippen LogP contribution is -2.18. The van der Waals surface area contributed by atoms with Crippen molar-refractivity contribution in [2.75, 3.05) is 7.11 Å². The van der Waals surface area contributed by atoms with Crippen LogP contribution in [0.2, 0.25) is 0 Å². The molecule has 0 fully saturated rings. The normalized spacial score (nSPS) is 12.2. The van der Waals surface area contributed by atoms with E-state index in [9.17, 15) is 9.50 Å². The molecule has 0 saturated heterocycles. The summed E-state index contributed by atoms with van der Waals surface area (Å²) in [6.45, 7) is 2.52. The molecule has 0 amide bonds. The summed E-state index contributed by atoms with van der Waals surface area (Å²) < 4.78 is 18.2. The molecule has 0 aliphatic heterocycles. The van der Waals surface area contributed by atoms with E-state index in [4.69, 9.17) is 4.74 Å². The van der Waals surface area contributed by atoms with E-state index in [-0.39, 0.29) is 11.8 Å². The smallest absolute Gasteiger partial charge is 0.126 e. The predicted molar refractivity (Wildman–Crippen MR) is 76.3 cm³/mol. The third-order valence-electron chi connectivity index (χ3n) is 3.25. The molecule has 0 bridgehead atoms. The zero-order chi connectivity index (χ0) is 14.5. The second-order valence-corrected chi connectivity index (χ2v) is 4.62. The fourth-order valence-corrected chi connectivity index (χ4v) is 2.11. The zero-order valence-electron chi connectivity index (χ0n) is 11.6. The van der Waals surface area contributed by atoms with Gasteiger partial charge in [-0.25, -0.2) is 4.39 Å². The topological polar surface area (TPSA) is 41.5 Å². The summed E-state index contributed by atoms with van der Waals surface area (Å²) in [5, 5.41) is 13.0. The van der Waals surface area contributed by atoms with Gasteiger partial charge in [0.2, 0.25) is 0 Å². The molecular formula is C16H18FNO2. The van der Waals surface area contributed by atoms with Gasteiger partial charge in [-0.15, -0.1) is 0 Å². The van der Waals surface area contributed by atoms with E-state index in [1.165, 1.54) is 6.07 Å². The van der Waals surface area contributed by atoms with Gasteiger partial charge in [0.05, 0.1) is 7.11 Å². The van der Waals surface area contributed by atoms with Crippen LogP contribution in [0.3, 0.4) is 0 Å². The summed E-state index contributed by atoms with van der Waals surface area (Å²) in [6, 6.07) is 11.7. The number of phenols is 1. The highest BCUT2D eigenvalue weighted by molar-refractivity contribution is 5.36. The quantitative estimate of drug-likeness (QED) is 0.879. The number of para-hydroxylation sites is 1. The maximum Gasteiger partial charge on any atom is 0.126 e. The van der Waals surface area contributed by atoms with Crippen molar-refractivity contribution >= 4 is 0 Å². The van der Waals surface area contributed by atoms with E-state index < -0.39 is 5.82 Å². The van der Waals surface area contributed by atoms with Crippen molar-refractivity contribution < 1.29 is 14.2 Å². The first-order valence-electron chi connectivity index (χ1n) is 6.45. The van der Waals surface area contributed by atoms with Crippen LogP contribution in [0.5, 0.6) is 11.5 Å². The van der Waals surface area contributed by atoms with Crippen molar-refractivity contribution in [3.63, 3.8) is 0 Å². The van der Waals surface area contributed by atoms with Crippen molar-refractivity contribution in [1.82, 2.24) is 5.32 Å². The summed E-state index contributed by atoms with van der Waals surface area (Å²) in [5.41, 5.74) is 1.70. The van der Waals surface area contributed by atoms with Crippen LogP contribution in [-0.2, 0) is 6.54 Å². The Morgan fingerprint density at radius 1 is 1.25 bits per heavy atom. The summed E-state index contributed by atoms with van der Waals surface area (Å²) >= 11 is 0. The lowest BCUT2D eigenvalue weighted by molar-refractivity contribution is 0.405. The lowest BCUT2D eigenvalue weighted by Gasteiger charge is -2.17. The highest BCUT2D eigenvalue weighted by Gasteiger charge is 2.11. The van der Waals surface area contributed by atoms with E-state index in [0.717, 1.165) is 17.4 Å². The number of nitrogens with one attached hydrogen (secondary N) is 1. The summed E-state index contributed by atoms with van der Waals surface area (Å²) in [5.74, 6) is 0.337. The Labute approximate surface area is 118 Å². The van der Waals surface area contributed by atoms with Gasteiger partial charge in [0.25, 0.3) is 0 Å². The van der Waals surface area contributed by atoms with Gasteiger partial charge >= 0.3 is 0 Å². The molecular weight excluding hydrogens is 257 g/mol. The molecule has 0 radical (unpaired) electrons. The zero-order valence-corrected chi connectivity index (χ0v) is 11.6. The molecule has 0 aliphatic rings. The molecule has 1 unspecified atom stereocenters. The van der Waals surface area contributed by atoms with Crippen LogP contribution in [0.4, 0.5) is 4.39 Å². The largest absolute Gasteiger partial charge is 0.508 e. The molecule has 0 saturated carbocycles. The Morgan fingerprint density at radius 2 is 2.00 bits per heavy atom.